The summed E-state index contributed by atoms with van der Waals surface area (Å²) in [6.07, 6.45) is 4.24. The summed E-state index contributed by atoms with van der Waals surface area (Å²) in [5.74, 6) is -0.189. The molecule has 5 heteroatoms. The topological polar surface area (TPSA) is 59.4 Å². The summed E-state index contributed by atoms with van der Waals surface area (Å²) in [5, 5.41) is 9.95. The molecule has 4 nitrogen and oxygen atoms in total. The third-order valence-corrected chi connectivity index (χ3v) is 5.27. The molecule has 146 valence electrons. The average molecular weight is 406 g/mol. The van der Waals surface area contributed by atoms with Crippen molar-refractivity contribution in [3.63, 3.8) is 0 Å². The maximum atomic E-state index is 11.4. The number of nitrogens with zero attached hydrogens (tertiary/aromatic N) is 1. The summed E-state index contributed by atoms with van der Waals surface area (Å²) in [6.45, 7) is 0.463. The van der Waals surface area contributed by atoms with Crippen LogP contribution in [0.1, 0.15) is 46.4 Å². The van der Waals surface area contributed by atoms with Gasteiger partial charge in [0.1, 0.15) is 12.4 Å². The molecule has 0 spiro atoms. The lowest BCUT2D eigenvalue weighted by molar-refractivity contribution is 0.0696. The molecule has 0 saturated carbocycles. The van der Waals surface area contributed by atoms with Crippen LogP contribution in [0.15, 0.2) is 66.9 Å². The van der Waals surface area contributed by atoms with E-state index < -0.39 is 5.97 Å². The highest BCUT2D eigenvalue weighted by atomic mass is 35.5. The first-order valence-electron chi connectivity index (χ1n) is 9.50. The smallest absolute Gasteiger partial charge is 0.335 e. The van der Waals surface area contributed by atoms with Crippen molar-refractivity contribution in [1.29, 1.82) is 0 Å². The quantitative estimate of drug-likeness (QED) is 0.537. The number of pyridine rings is 1. The molecule has 1 aromatic heterocycles. The van der Waals surface area contributed by atoms with Crippen LogP contribution in [-0.2, 0) is 6.61 Å². The molecular weight excluding hydrogens is 386 g/mol. The second kappa shape index (κ2) is 8.50. The molecule has 0 fully saturated rings. The normalized spacial score (nSPS) is 13.6. The molecule has 3 aromatic rings. The van der Waals surface area contributed by atoms with Gasteiger partial charge in [-0.2, -0.15) is 0 Å². The number of carboxylic acid groups (broad SMARTS) is 1. The Hall–Kier alpha value is -3.11. The molecule has 0 radical (unpaired) electrons. The van der Waals surface area contributed by atoms with Crippen LogP contribution in [-0.4, -0.2) is 16.1 Å². The van der Waals surface area contributed by atoms with E-state index >= 15 is 0 Å². The van der Waals surface area contributed by atoms with Crippen molar-refractivity contribution in [3.05, 3.63) is 94.3 Å². The van der Waals surface area contributed by atoms with Gasteiger partial charge in [-0.1, -0.05) is 41.9 Å². The minimum Gasteiger partial charge on any atom is -0.488 e. The van der Waals surface area contributed by atoms with Gasteiger partial charge in [0.05, 0.1) is 11.3 Å². The third-order valence-electron chi connectivity index (χ3n) is 5.04. The Bertz CT molecular complexity index is 1080. The fourth-order valence-corrected chi connectivity index (χ4v) is 3.82. The van der Waals surface area contributed by atoms with Crippen molar-refractivity contribution in [2.45, 2.75) is 25.9 Å². The standard InChI is InChI=1S/C24H20ClNO3/c25-18-9-10-23(29-15-16-5-2-1-3-6-16)21(14-18)19-7-4-8-20(19)22-13-17(24(27)28)11-12-26-22/h1-3,5-6,9-14H,4,7-8,15H2,(H,27,28). The van der Waals surface area contributed by atoms with Crippen LogP contribution in [0.3, 0.4) is 0 Å². The van der Waals surface area contributed by atoms with E-state index in [9.17, 15) is 9.90 Å². The number of carboxylic acids is 1. The van der Waals surface area contributed by atoms with E-state index in [4.69, 9.17) is 16.3 Å². The Morgan fingerprint density at radius 2 is 1.83 bits per heavy atom. The SMILES string of the molecule is O=C(O)c1ccnc(C2=C(c3cc(Cl)ccc3OCc3ccccc3)CCC2)c1. The highest BCUT2D eigenvalue weighted by Crippen LogP contribution is 2.43. The second-order valence-electron chi connectivity index (χ2n) is 6.96. The van der Waals surface area contributed by atoms with Crippen LogP contribution in [0.2, 0.25) is 5.02 Å². The van der Waals surface area contributed by atoms with Crippen LogP contribution >= 0.6 is 11.6 Å². The van der Waals surface area contributed by atoms with E-state index in [1.54, 1.807) is 12.3 Å². The van der Waals surface area contributed by atoms with E-state index in [1.165, 1.54) is 6.07 Å². The highest BCUT2D eigenvalue weighted by molar-refractivity contribution is 6.30. The molecular formula is C24H20ClNO3. The van der Waals surface area contributed by atoms with Crippen molar-refractivity contribution >= 4 is 28.7 Å². The maximum Gasteiger partial charge on any atom is 0.335 e. The Morgan fingerprint density at radius 3 is 2.62 bits per heavy atom. The largest absolute Gasteiger partial charge is 0.488 e. The highest BCUT2D eigenvalue weighted by Gasteiger charge is 2.22. The number of benzene rings is 2. The summed E-state index contributed by atoms with van der Waals surface area (Å²) >= 11 is 6.30. The van der Waals surface area contributed by atoms with Gasteiger partial charge in [0.2, 0.25) is 0 Å². The number of ether oxygens (including phenoxy) is 1. The molecule has 2 aromatic carbocycles. The first kappa shape index (κ1) is 19.2. The fourth-order valence-electron chi connectivity index (χ4n) is 3.65. The molecule has 1 aliphatic carbocycles. The number of hydrogen-bond donors (Lipinski definition) is 1. The van der Waals surface area contributed by atoms with Crippen molar-refractivity contribution < 1.29 is 14.6 Å². The van der Waals surface area contributed by atoms with E-state index in [0.29, 0.717) is 17.3 Å². The second-order valence-corrected chi connectivity index (χ2v) is 7.40. The minimum atomic E-state index is -0.955. The number of allylic oxidation sites excluding steroid dienone is 2. The molecule has 0 unspecified atom stereocenters. The molecule has 1 aliphatic rings. The molecule has 0 aliphatic heterocycles. The fraction of sp³-hybridized carbons (Fsp3) is 0.167. The third kappa shape index (κ3) is 4.33. The molecule has 29 heavy (non-hydrogen) atoms. The number of halogens is 1. The van der Waals surface area contributed by atoms with E-state index in [1.807, 2.05) is 48.5 Å². The van der Waals surface area contributed by atoms with Gasteiger partial charge in [0.25, 0.3) is 0 Å². The summed E-state index contributed by atoms with van der Waals surface area (Å²) in [4.78, 5) is 15.8. The zero-order chi connectivity index (χ0) is 20.2. The van der Waals surface area contributed by atoms with Crippen LogP contribution in [0.5, 0.6) is 5.75 Å². The number of aromatic nitrogens is 1. The van der Waals surface area contributed by atoms with Crippen LogP contribution < -0.4 is 4.74 Å². The average Bonchev–Trinajstić information content (AvgIpc) is 3.23. The number of carbonyl (C=O) groups is 1. The van der Waals surface area contributed by atoms with Crippen LogP contribution in [0, 0.1) is 0 Å². The van der Waals surface area contributed by atoms with Crippen molar-refractivity contribution in [2.75, 3.05) is 0 Å². The van der Waals surface area contributed by atoms with Gasteiger partial charge in [0.15, 0.2) is 0 Å². The van der Waals surface area contributed by atoms with E-state index in [0.717, 1.165) is 47.3 Å². The first-order valence-corrected chi connectivity index (χ1v) is 9.88. The molecule has 0 amide bonds. The number of rotatable bonds is 6. The van der Waals surface area contributed by atoms with Crippen molar-refractivity contribution in [3.8, 4) is 5.75 Å². The zero-order valence-electron chi connectivity index (χ0n) is 15.8. The summed E-state index contributed by atoms with van der Waals surface area (Å²) in [7, 11) is 0. The Labute approximate surface area is 174 Å². The molecule has 0 saturated heterocycles. The Balaban J connectivity index is 1.72. The van der Waals surface area contributed by atoms with Gasteiger partial charge in [-0.25, -0.2) is 4.79 Å². The monoisotopic (exact) mass is 405 g/mol. The Morgan fingerprint density at radius 1 is 1.03 bits per heavy atom. The minimum absolute atomic E-state index is 0.236. The number of hydrogen-bond acceptors (Lipinski definition) is 3. The van der Waals surface area contributed by atoms with Crippen LogP contribution in [0.25, 0.3) is 11.1 Å². The molecule has 0 bridgehead atoms. The predicted molar refractivity (Wildman–Crippen MR) is 114 cm³/mol. The van der Waals surface area contributed by atoms with Gasteiger partial charge in [-0.15, -0.1) is 0 Å². The Kier molecular flexibility index (Phi) is 5.63. The van der Waals surface area contributed by atoms with Crippen molar-refractivity contribution in [1.82, 2.24) is 4.98 Å². The maximum absolute atomic E-state index is 11.4. The summed E-state index contributed by atoms with van der Waals surface area (Å²) < 4.78 is 6.13. The summed E-state index contributed by atoms with van der Waals surface area (Å²) in [5.41, 5.74) is 5.14. The van der Waals surface area contributed by atoms with Gasteiger partial charge < -0.3 is 9.84 Å². The molecule has 0 atom stereocenters. The van der Waals surface area contributed by atoms with Gasteiger partial charge in [-0.05, 0) is 66.3 Å². The lowest BCUT2D eigenvalue weighted by atomic mass is 9.98. The van der Waals surface area contributed by atoms with E-state index in [2.05, 4.69) is 4.98 Å². The zero-order valence-corrected chi connectivity index (χ0v) is 16.5. The summed E-state index contributed by atoms with van der Waals surface area (Å²) in [6, 6.07) is 18.8. The lowest BCUT2D eigenvalue weighted by Gasteiger charge is -2.15. The van der Waals surface area contributed by atoms with Gasteiger partial charge >= 0.3 is 5.97 Å². The first-order chi connectivity index (χ1) is 14.1. The van der Waals surface area contributed by atoms with E-state index in [-0.39, 0.29) is 5.56 Å². The molecule has 1 heterocycles. The van der Waals surface area contributed by atoms with Gasteiger partial charge in [0, 0.05) is 16.8 Å². The predicted octanol–water partition coefficient (Wildman–Crippen LogP) is 6.11. The van der Waals surface area contributed by atoms with Gasteiger partial charge in [-0.3, -0.25) is 4.98 Å². The lowest BCUT2D eigenvalue weighted by Crippen LogP contribution is -2.00. The molecule has 1 N–H and O–H groups in total. The van der Waals surface area contributed by atoms with Crippen LogP contribution in [0.4, 0.5) is 0 Å². The number of aromatic carboxylic acids is 1. The van der Waals surface area contributed by atoms with Crippen molar-refractivity contribution in [2.24, 2.45) is 0 Å². The molecule has 4 rings (SSSR count).